The molecule has 0 aliphatic carbocycles. The molecule has 1 N–H and O–H groups in total. The third-order valence-electron chi connectivity index (χ3n) is 4.17. The molecular formula is C14H27N3O. The van der Waals surface area contributed by atoms with Crippen molar-refractivity contribution in [2.45, 2.75) is 64.7 Å². The van der Waals surface area contributed by atoms with E-state index in [-0.39, 0.29) is 11.6 Å². The third-order valence-corrected chi connectivity index (χ3v) is 4.17. The van der Waals surface area contributed by atoms with Crippen LogP contribution < -0.4 is 5.32 Å². The van der Waals surface area contributed by atoms with Gasteiger partial charge in [-0.1, -0.05) is 0 Å². The number of hydrogen-bond acceptors (Lipinski definition) is 3. The summed E-state index contributed by atoms with van der Waals surface area (Å²) >= 11 is 0. The van der Waals surface area contributed by atoms with Gasteiger partial charge in [0.25, 0.3) is 0 Å². The fourth-order valence-corrected chi connectivity index (χ4v) is 3.22. The van der Waals surface area contributed by atoms with E-state index in [2.05, 4.69) is 49.7 Å². The van der Waals surface area contributed by atoms with Crippen LogP contribution in [0.15, 0.2) is 0 Å². The van der Waals surface area contributed by atoms with E-state index in [1.165, 1.54) is 0 Å². The Labute approximate surface area is 111 Å². The standard InChI is InChI=1S/C14H27N3O/c1-10(2)16-9-7-15-11-6-8-17(14(3,4)5)13(18)12(11)16/h10-12,15H,6-9H2,1-5H3. The van der Waals surface area contributed by atoms with Crippen LogP contribution in [0.2, 0.25) is 0 Å². The van der Waals surface area contributed by atoms with Crippen molar-refractivity contribution in [3.63, 3.8) is 0 Å². The predicted octanol–water partition coefficient (Wildman–Crippen LogP) is 1.07. The van der Waals surface area contributed by atoms with Crippen LogP contribution in [0.5, 0.6) is 0 Å². The Hall–Kier alpha value is -0.610. The van der Waals surface area contributed by atoms with Crippen molar-refractivity contribution in [2.75, 3.05) is 19.6 Å². The van der Waals surface area contributed by atoms with E-state index in [1.807, 2.05) is 0 Å². The summed E-state index contributed by atoms with van der Waals surface area (Å²) in [7, 11) is 0. The van der Waals surface area contributed by atoms with E-state index >= 15 is 0 Å². The minimum absolute atomic E-state index is 0.0340. The van der Waals surface area contributed by atoms with Gasteiger partial charge in [-0.2, -0.15) is 0 Å². The van der Waals surface area contributed by atoms with Crippen LogP contribution in [0.3, 0.4) is 0 Å². The molecule has 2 fully saturated rings. The summed E-state index contributed by atoms with van der Waals surface area (Å²) in [6, 6.07) is 0.808. The van der Waals surface area contributed by atoms with Crippen molar-refractivity contribution < 1.29 is 4.79 Å². The molecule has 0 radical (unpaired) electrons. The number of nitrogens with one attached hydrogen (secondary N) is 1. The van der Waals surface area contributed by atoms with E-state index < -0.39 is 0 Å². The highest BCUT2D eigenvalue weighted by atomic mass is 16.2. The summed E-state index contributed by atoms with van der Waals surface area (Å²) < 4.78 is 0. The van der Waals surface area contributed by atoms with E-state index in [4.69, 9.17) is 0 Å². The Morgan fingerprint density at radius 1 is 1.28 bits per heavy atom. The van der Waals surface area contributed by atoms with Crippen LogP contribution in [0, 0.1) is 0 Å². The maximum atomic E-state index is 12.8. The van der Waals surface area contributed by atoms with E-state index in [0.29, 0.717) is 18.0 Å². The topological polar surface area (TPSA) is 35.6 Å². The maximum Gasteiger partial charge on any atom is 0.241 e. The van der Waals surface area contributed by atoms with Crippen molar-refractivity contribution in [1.29, 1.82) is 0 Å². The number of amides is 1. The van der Waals surface area contributed by atoms with Gasteiger partial charge in [0.15, 0.2) is 0 Å². The molecule has 0 aromatic carbocycles. The molecule has 2 rings (SSSR count). The van der Waals surface area contributed by atoms with Crippen molar-refractivity contribution in [2.24, 2.45) is 0 Å². The van der Waals surface area contributed by atoms with Gasteiger partial charge in [-0.25, -0.2) is 0 Å². The molecule has 2 aliphatic heterocycles. The largest absolute Gasteiger partial charge is 0.336 e. The number of fused-ring (bicyclic) bond motifs is 1. The molecule has 1 amide bonds. The summed E-state index contributed by atoms with van der Waals surface area (Å²) in [6.07, 6.45) is 1.07. The van der Waals surface area contributed by atoms with Crippen LogP contribution in [-0.4, -0.2) is 59.0 Å². The van der Waals surface area contributed by atoms with Crippen molar-refractivity contribution in [1.82, 2.24) is 15.1 Å². The number of piperazine rings is 1. The molecule has 2 heterocycles. The van der Waals surface area contributed by atoms with Gasteiger partial charge in [0.2, 0.25) is 5.91 Å². The molecule has 2 unspecified atom stereocenters. The van der Waals surface area contributed by atoms with E-state index in [0.717, 1.165) is 26.1 Å². The highest BCUT2D eigenvalue weighted by molar-refractivity contribution is 5.84. The Morgan fingerprint density at radius 2 is 1.94 bits per heavy atom. The van der Waals surface area contributed by atoms with Crippen LogP contribution in [0.1, 0.15) is 41.0 Å². The Kier molecular flexibility index (Phi) is 3.70. The average molecular weight is 253 g/mol. The lowest BCUT2D eigenvalue weighted by Crippen LogP contribution is -2.70. The second kappa shape index (κ2) is 4.82. The lowest BCUT2D eigenvalue weighted by Gasteiger charge is -2.51. The summed E-state index contributed by atoms with van der Waals surface area (Å²) in [5, 5.41) is 3.52. The Morgan fingerprint density at radius 3 is 2.50 bits per heavy atom. The molecule has 0 aromatic rings. The first kappa shape index (κ1) is 13.8. The molecule has 2 saturated heterocycles. The number of carbonyl (C=O) groups is 1. The zero-order valence-electron chi connectivity index (χ0n) is 12.4. The fraction of sp³-hybridized carbons (Fsp3) is 0.929. The molecular weight excluding hydrogens is 226 g/mol. The Bertz CT molecular complexity index is 321. The molecule has 4 nitrogen and oxygen atoms in total. The number of hydrogen-bond donors (Lipinski definition) is 1. The average Bonchev–Trinajstić information content (AvgIpc) is 2.26. The van der Waals surface area contributed by atoms with Gasteiger partial charge < -0.3 is 10.2 Å². The van der Waals surface area contributed by atoms with Crippen molar-refractivity contribution >= 4 is 5.91 Å². The zero-order chi connectivity index (χ0) is 13.5. The minimum Gasteiger partial charge on any atom is -0.336 e. The molecule has 2 aliphatic rings. The number of rotatable bonds is 1. The second-order valence-electron chi connectivity index (χ2n) is 6.79. The van der Waals surface area contributed by atoms with Crippen LogP contribution in [0.4, 0.5) is 0 Å². The number of nitrogens with zero attached hydrogens (tertiary/aromatic N) is 2. The SMILES string of the molecule is CC(C)N1CCNC2CCN(C(C)(C)C)C(=O)C21. The highest BCUT2D eigenvalue weighted by Crippen LogP contribution is 2.27. The van der Waals surface area contributed by atoms with Crippen molar-refractivity contribution in [3.05, 3.63) is 0 Å². The predicted molar refractivity (Wildman–Crippen MR) is 73.5 cm³/mol. The van der Waals surface area contributed by atoms with Gasteiger partial charge >= 0.3 is 0 Å². The van der Waals surface area contributed by atoms with Gasteiger partial charge in [0, 0.05) is 37.3 Å². The summed E-state index contributed by atoms with van der Waals surface area (Å²) in [6.45, 7) is 13.6. The van der Waals surface area contributed by atoms with Gasteiger partial charge in [0.1, 0.15) is 6.04 Å². The Balaban J connectivity index is 2.22. The van der Waals surface area contributed by atoms with Crippen molar-refractivity contribution in [3.8, 4) is 0 Å². The number of piperidine rings is 1. The molecule has 0 aromatic heterocycles. The molecule has 18 heavy (non-hydrogen) atoms. The fourth-order valence-electron chi connectivity index (χ4n) is 3.22. The smallest absolute Gasteiger partial charge is 0.241 e. The van der Waals surface area contributed by atoms with E-state index in [9.17, 15) is 4.79 Å². The van der Waals surface area contributed by atoms with Gasteiger partial charge in [-0.3, -0.25) is 9.69 Å². The zero-order valence-corrected chi connectivity index (χ0v) is 12.4. The maximum absolute atomic E-state index is 12.8. The molecule has 4 heteroatoms. The summed E-state index contributed by atoms with van der Waals surface area (Å²) in [5.41, 5.74) is -0.0673. The van der Waals surface area contributed by atoms with Gasteiger partial charge in [-0.05, 0) is 41.0 Å². The first-order chi connectivity index (χ1) is 8.32. The monoisotopic (exact) mass is 253 g/mol. The summed E-state index contributed by atoms with van der Waals surface area (Å²) in [5.74, 6) is 0.305. The van der Waals surface area contributed by atoms with Crippen LogP contribution >= 0.6 is 0 Å². The first-order valence-corrected chi connectivity index (χ1v) is 7.13. The normalized spacial score (nSPS) is 30.8. The lowest BCUT2D eigenvalue weighted by atomic mass is 9.90. The summed E-state index contributed by atoms with van der Waals surface area (Å²) in [4.78, 5) is 17.2. The molecule has 0 bridgehead atoms. The number of carbonyl (C=O) groups excluding carboxylic acids is 1. The molecule has 2 atom stereocenters. The number of likely N-dealkylation sites (tertiary alicyclic amines) is 1. The van der Waals surface area contributed by atoms with Gasteiger partial charge in [0.05, 0.1) is 0 Å². The highest BCUT2D eigenvalue weighted by Gasteiger charge is 2.45. The molecule has 0 saturated carbocycles. The lowest BCUT2D eigenvalue weighted by molar-refractivity contribution is -0.150. The third kappa shape index (κ3) is 2.41. The van der Waals surface area contributed by atoms with Crippen LogP contribution in [-0.2, 0) is 4.79 Å². The first-order valence-electron chi connectivity index (χ1n) is 7.13. The van der Waals surface area contributed by atoms with Crippen LogP contribution in [0.25, 0.3) is 0 Å². The minimum atomic E-state index is -0.0673. The van der Waals surface area contributed by atoms with Gasteiger partial charge in [-0.15, -0.1) is 0 Å². The molecule has 0 spiro atoms. The quantitative estimate of drug-likeness (QED) is 0.759. The van der Waals surface area contributed by atoms with E-state index in [1.54, 1.807) is 0 Å². The second-order valence-corrected chi connectivity index (χ2v) is 6.79. The molecule has 104 valence electrons.